The molecule has 2 aliphatic heterocycles. The van der Waals surface area contributed by atoms with Crippen LogP contribution in [0.5, 0.6) is 0 Å². The van der Waals surface area contributed by atoms with Gasteiger partial charge in [-0.1, -0.05) is 0 Å². The van der Waals surface area contributed by atoms with E-state index in [1.165, 1.54) is 6.26 Å². The van der Waals surface area contributed by atoms with Gasteiger partial charge in [-0.2, -0.15) is 0 Å². The van der Waals surface area contributed by atoms with Crippen LogP contribution in [0.15, 0.2) is 23.0 Å². The Bertz CT molecular complexity index is 347. The van der Waals surface area contributed by atoms with Gasteiger partial charge in [0.2, 0.25) is 0 Å². The Kier molecular flexibility index (Phi) is 1.64. The molecule has 0 saturated carbocycles. The monoisotopic (exact) mass is 192 g/mol. The van der Waals surface area contributed by atoms with E-state index in [4.69, 9.17) is 4.42 Å². The zero-order valence-electron chi connectivity index (χ0n) is 7.77. The quantitative estimate of drug-likeness (QED) is 0.703. The summed E-state index contributed by atoms with van der Waals surface area (Å²) in [4.78, 5) is 13.9. The van der Waals surface area contributed by atoms with Gasteiger partial charge in [0, 0.05) is 19.1 Å². The van der Waals surface area contributed by atoms with Crippen LogP contribution in [0.25, 0.3) is 0 Å². The number of furan rings is 1. The van der Waals surface area contributed by atoms with Crippen molar-refractivity contribution in [3.05, 3.63) is 24.2 Å². The van der Waals surface area contributed by atoms with E-state index in [9.17, 15) is 4.79 Å². The standard InChI is InChI=1S/C10H12N2O2/c13-10(7-2-4-14-6-7)12-3-1-8-9(12)5-11-8/h2,4,6,8-9,11H,1,3,5H2. The number of carbonyl (C=O) groups is 1. The van der Waals surface area contributed by atoms with Gasteiger partial charge < -0.3 is 14.6 Å². The fraction of sp³-hybridized carbons (Fsp3) is 0.500. The van der Waals surface area contributed by atoms with Crippen molar-refractivity contribution in [3.63, 3.8) is 0 Å². The van der Waals surface area contributed by atoms with Crippen LogP contribution in [0.2, 0.25) is 0 Å². The molecule has 2 atom stereocenters. The Morgan fingerprint density at radius 3 is 3.14 bits per heavy atom. The van der Waals surface area contributed by atoms with Gasteiger partial charge in [0.05, 0.1) is 17.9 Å². The number of rotatable bonds is 1. The molecule has 1 amide bonds. The van der Waals surface area contributed by atoms with Crippen LogP contribution in [-0.4, -0.2) is 36.0 Å². The summed E-state index contributed by atoms with van der Waals surface area (Å²) in [6.45, 7) is 1.81. The molecule has 74 valence electrons. The molecule has 2 fully saturated rings. The van der Waals surface area contributed by atoms with E-state index in [1.54, 1.807) is 12.3 Å². The predicted octanol–water partition coefficient (Wildman–Crippen LogP) is 0.466. The Morgan fingerprint density at radius 1 is 1.64 bits per heavy atom. The van der Waals surface area contributed by atoms with Crippen molar-refractivity contribution < 1.29 is 9.21 Å². The molecule has 1 aromatic rings. The van der Waals surface area contributed by atoms with Crippen molar-refractivity contribution in [2.75, 3.05) is 13.1 Å². The Labute approximate surface area is 81.9 Å². The Hall–Kier alpha value is -1.29. The van der Waals surface area contributed by atoms with Gasteiger partial charge >= 0.3 is 0 Å². The molecule has 0 aromatic carbocycles. The second-order valence-electron chi connectivity index (χ2n) is 3.88. The number of nitrogens with one attached hydrogen (secondary N) is 1. The van der Waals surface area contributed by atoms with E-state index >= 15 is 0 Å². The summed E-state index contributed by atoms with van der Waals surface area (Å²) in [5.41, 5.74) is 0.664. The largest absolute Gasteiger partial charge is 0.472 e. The fourth-order valence-electron chi connectivity index (χ4n) is 2.26. The van der Waals surface area contributed by atoms with E-state index < -0.39 is 0 Å². The summed E-state index contributed by atoms with van der Waals surface area (Å²) in [6.07, 6.45) is 4.13. The van der Waals surface area contributed by atoms with Gasteiger partial charge in [0.15, 0.2) is 0 Å². The molecule has 2 unspecified atom stereocenters. The van der Waals surface area contributed by atoms with E-state index in [0.717, 1.165) is 19.5 Å². The van der Waals surface area contributed by atoms with Crippen LogP contribution < -0.4 is 5.32 Å². The van der Waals surface area contributed by atoms with Crippen LogP contribution in [0.4, 0.5) is 0 Å². The first-order valence-electron chi connectivity index (χ1n) is 4.93. The maximum Gasteiger partial charge on any atom is 0.257 e. The summed E-state index contributed by atoms with van der Waals surface area (Å²) >= 11 is 0. The number of likely N-dealkylation sites (tertiary alicyclic amines) is 1. The minimum atomic E-state index is 0.104. The molecule has 3 heterocycles. The lowest BCUT2D eigenvalue weighted by atomic mass is 10.0. The lowest BCUT2D eigenvalue weighted by Gasteiger charge is -2.36. The van der Waals surface area contributed by atoms with Crippen molar-refractivity contribution in [1.29, 1.82) is 0 Å². The second kappa shape index (κ2) is 2.85. The number of carbonyl (C=O) groups excluding carboxylic acids is 1. The summed E-state index contributed by atoms with van der Waals surface area (Å²) in [6, 6.07) is 2.67. The van der Waals surface area contributed by atoms with Gasteiger partial charge in [-0.3, -0.25) is 4.79 Å². The fourth-order valence-corrected chi connectivity index (χ4v) is 2.26. The number of fused-ring (bicyclic) bond motifs is 1. The lowest BCUT2D eigenvalue weighted by molar-refractivity contribution is 0.0678. The van der Waals surface area contributed by atoms with E-state index in [2.05, 4.69) is 5.32 Å². The number of nitrogens with zero attached hydrogens (tertiary/aromatic N) is 1. The van der Waals surface area contributed by atoms with Crippen LogP contribution in [0, 0.1) is 0 Å². The summed E-state index contributed by atoms with van der Waals surface area (Å²) in [7, 11) is 0. The normalized spacial score (nSPS) is 29.9. The predicted molar refractivity (Wildman–Crippen MR) is 49.9 cm³/mol. The highest BCUT2D eigenvalue weighted by Crippen LogP contribution is 2.25. The van der Waals surface area contributed by atoms with Gasteiger partial charge in [-0.05, 0) is 12.5 Å². The molecule has 0 spiro atoms. The van der Waals surface area contributed by atoms with E-state index in [0.29, 0.717) is 17.6 Å². The smallest absolute Gasteiger partial charge is 0.257 e. The number of amides is 1. The SMILES string of the molecule is O=C(c1ccoc1)N1CCC2NCC21. The maximum atomic E-state index is 11.9. The third-order valence-corrected chi connectivity index (χ3v) is 3.16. The molecule has 4 heteroatoms. The van der Waals surface area contributed by atoms with E-state index in [1.807, 2.05) is 4.90 Å². The first kappa shape index (κ1) is 8.05. The van der Waals surface area contributed by atoms with Crippen LogP contribution in [-0.2, 0) is 0 Å². The first-order chi connectivity index (χ1) is 6.86. The molecule has 0 bridgehead atoms. The molecular formula is C10H12N2O2. The lowest BCUT2D eigenvalue weighted by Crippen LogP contribution is -2.60. The van der Waals surface area contributed by atoms with E-state index in [-0.39, 0.29) is 5.91 Å². The summed E-state index contributed by atoms with van der Waals surface area (Å²) in [5, 5.41) is 3.32. The Morgan fingerprint density at radius 2 is 2.57 bits per heavy atom. The van der Waals surface area contributed by atoms with Crippen LogP contribution in [0.1, 0.15) is 16.8 Å². The van der Waals surface area contributed by atoms with Crippen molar-refractivity contribution in [1.82, 2.24) is 10.2 Å². The van der Waals surface area contributed by atoms with Gasteiger partial charge in [-0.25, -0.2) is 0 Å². The average molecular weight is 192 g/mol. The van der Waals surface area contributed by atoms with Gasteiger partial charge in [-0.15, -0.1) is 0 Å². The highest BCUT2D eigenvalue weighted by molar-refractivity contribution is 5.94. The third-order valence-electron chi connectivity index (χ3n) is 3.16. The number of hydrogen-bond acceptors (Lipinski definition) is 3. The van der Waals surface area contributed by atoms with Gasteiger partial charge in [0.25, 0.3) is 5.91 Å². The zero-order valence-corrected chi connectivity index (χ0v) is 7.77. The highest BCUT2D eigenvalue weighted by atomic mass is 16.3. The maximum absolute atomic E-state index is 11.9. The summed E-state index contributed by atoms with van der Waals surface area (Å²) in [5.74, 6) is 0.104. The van der Waals surface area contributed by atoms with Crippen molar-refractivity contribution >= 4 is 5.91 Å². The summed E-state index contributed by atoms with van der Waals surface area (Å²) < 4.78 is 4.91. The van der Waals surface area contributed by atoms with Crippen LogP contribution >= 0.6 is 0 Å². The van der Waals surface area contributed by atoms with Crippen molar-refractivity contribution in [2.45, 2.75) is 18.5 Å². The zero-order chi connectivity index (χ0) is 9.54. The molecule has 0 aliphatic carbocycles. The molecule has 1 N–H and O–H groups in total. The van der Waals surface area contributed by atoms with Crippen LogP contribution in [0.3, 0.4) is 0 Å². The number of hydrogen-bond donors (Lipinski definition) is 1. The second-order valence-corrected chi connectivity index (χ2v) is 3.88. The van der Waals surface area contributed by atoms with Gasteiger partial charge in [0.1, 0.15) is 6.26 Å². The van der Waals surface area contributed by atoms with Crippen molar-refractivity contribution in [2.24, 2.45) is 0 Å². The third kappa shape index (κ3) is 1.00. The minimum absolute atomic E-state index is 0.104. The first-order valence-corrected chi connectivity index (χ1v) is 4.93. The molecule has 3 rings (SSSR count). The van der Waals surface area contributed by atoms with Crippen molar-refractivity contribution in [3.8, 4) is 0 Å². The molecule has 2 aliphatic rings. The molecule has 1 aromatic heterocycles. The average Bonchev–Trinajstić information content (AvgIpc) is 2.73. The highest BCUT2D eigenvalue weighted by Gasteiger charge is 2.42. The molecule has 0 radical (unpaired) electrons. The minimum Gasteiger partial charge on any atom is -0.472 e. The molecule has 2 saturated heterocycles. The molecule has 4 nitrogen and oxygen atoms in total. The molecular weight excluding hydrogens is 180 g/mol. The molecule has 14 heavy (non-hydrogen) atoms. The topological polar surface area (TPSA) is 45.5 Å². The Balaban J connectivity index is 1.80.